The van der Waals surface area contributed by atoms with Crippen LogP contribution < -0.4 is 5.32 Å². The van der Waals surface area contributed by atoms with E-state index in [2.05, 4.69) is 38.5 Å². The van der Waals surface area contributed by atoms with Crippen molar-refractivity contribution in [3.63, 3.8) is 0 Å². The molecule has 0 radical (unpaired) electrons. The summed E-state index contributed by atoms with van der Waals surface area (Å²) in [7, 11) is 1.73. The molecule has 1 heterocycles. The van der Waals surface area contributed by atoms with Gasteiger partial charge >= 0.3 is 0 Å². The zero-order valence-corrected chi connectivity index (χ0v) is 13.5. The summed E-state index contributed by atoms with van der Waals surface area (Å²) in [5.41, 5.74) is 3.50. The predicted molar refractivity (Wildman–Crippen MR) is 90.7 cm³/mol. The number of halogens is 1. The maximum absolute atomic E-state index is 12.3. The predicted octanol–water partition coefficient (Wildman–Crippen LogP) is 4.10. The van der Waals surface area contributed by atoms with E-state index in [4.69, 9.17) is 0 Å². The molecule has 3 aromatic rings. The number of benzene rings is 2. The van der Waals surface area contributed by atoms with Gasteiger partial charge < -0.3 is 5.32 Å². The van der Waals surface area contributed by atoms with Crippen LogP contribution in [0.15, 0.2) is 65.3 Å². The molecule has 1 amide bonds. The molecule has 1 N–H and O–H groups in total. The van der Waals surface area contributed by atoms with E-state index in [9.17, 15) is 4.79 Å². The molecule has 0 bridgehead atoms. The lowest BCUT2D eigenvalue weighted by molar-refractivity contribution is 0.101. The van der Waals surface area contributed by atoms with Crippen molar-refractivity contribution < 1.29 is 4.79 Å². The summed E-state index contributed by atoms with van der Waals surface area (Å²) >= 11 is 3.33. The van der Waals surface area contributed by atoms with Crippen molar-refractivity contribution in [2.24, 2.45) is 7.05 Å². The molecule has 3 rings (SSSR count). The molecule has 0 aliphatic rings. The van der Waals surface area contributed by atoms with Crippen LogP contribution in [-0.2, 0) is 7.05 Å². The summed E-state index contributed by atoms with van der Waals surface area (Å²) in [6.45, 7) is 0. The highest BCUT2D eigenvalue weighted by Crippen LogP contribution is 2.22. The normalized spacial score (nSPS) is 10.5. The van der Waals surface area contributed by atoms with Gasteiger partial charge in [0.05, 0.1) is 10.7 Å². The van der Waals surface area contributed by atoms with Gasteiger partial charge in [-0.1, -0.05) is 42.5 Å². The van der Waals surface area contributed by atoms with E-state index >= 15 is 0 Å². The molecule has 0 fully saturated rings. The van der Waals surface area contributed by atoms with Crippen LogP contribution in [0.25, 0.3) is 11.1 Å². The lowest BCUT2D eigenvalue weighted by Crippen LogP contribution is -2.16. The quantitative estimate of drug-likeness (QED) is 0.768. The standard InChI is InChI=1S/C17H14BrN3O/c1-21-16(15(18)11-19-21)17(22)20-14-9-7-13(8-10-14)12-5-3-2-4-6-12/h2-11H,1H3,(H,20,22). The molecule has 4 nitrogen and oxygen atoms in total. The Morgan fingerprint density at radius 2 is 1.68 bits per heavy atom. The van der Waals surface area contributed by atoms with Gasteiger partial charge in [0.25, 0.3) is 5.91 Å². The summed E-state index contributed by atoms with van der Waals surface area (Å²) in [6, 6.07) is 17.9. The Morgan fingerprint density at radius 1 is 1.05 bits per heavy atom. The molecule has 0 saturated carbocycles. The number of amides is 1. The van der Waals surface area contributed by atoms with Gasteiger partial charge in [0, 0.05) is 12.7 Å². The molecule has 2 aromatic carbocycles. The Hall–Kier alpha value is -2.40. The Balaban J connectivity index is 1.78. The van der Waals surface area contributed by atoms with Gasteiger partial charge in [-0.3, -0.25) is 9.48 Å². The molecule has 0 aliphatic heterocycles. The number of rotatable bonds is 3. The van der Waals surface area contributed by atoms with Crippen LogP contribution in [0, 0.1) is 0 Å². The molecule has 0 aliphatic carbocycles. The zero-order valence-electron chi connectivity index (χ0n) is 12.0. The number of aryl methyl sites for hydroxylation is 1. The first-order chi connectivity index (χ1) is 10.6. The Labute approximate surface area is 136 Å². The summed E-state index contributed by atoms with van der Waals surface area (Å²) in [4.78, 5) is 12.3. The van der Waals surface area contributed by atoms with E-state index in [1.54, 1.807) is 13.2 Å². The van der Waals surface area contributed by atoms with E-state index in [-0.39, 0.29) is 5.91 Å². The van der Waals surface area contributed by atoms with Gasteiger partial charge in [-0.15, -0.1) is 0 Å². The molecule has 0 spiro atoms. The fraction of sp³-hybridized carbons (Fsp3) is 0.0588. The van der Waals surface area contributed by atoms with Gasteiger partial charge in [-0.2, -0.15) is 5.10 Å². The lowest BCUT2D eigenvalue weighted by atomic mass is 10.1. The third-order valence-electron chi connectivity index (χ3n) is 3.36. The van der Waals surface area contributed by atoms with Crippen molar-refractivity contribution in [2.45, 2.75) is 0 Å². The average Bonchev–Trinajstić information content (AvgIpc) is 2.88. The first-order valence-corrected chi connectivity index (χ1v) is 7.59. The van der Waals surface area contributed by atoms with Crippen molar-refractivity contribution in [1.29, 1.82) is 0 Å². The fourth-order valence-corrected chi connectivity index (χ4v) is 2.76. The molecule has 110 valence electrons. The third kappa shape index (κ3) is 2.94. The Kier molecular flexibility index (Phi) is 4.06. The number of hydrogen-bond acceptors (Lipinski definition) is 2. The van der Waals surface area contributed by atoms with E-state index < -0.39 is 0 Å². The SMILES string of the molecule is Cn1ncc(Br)c1C(=O)Nc1ccc(-c2ccccc2)cc1. The highest BCUT2D eigenvalue weighted by molar-refractivity contribution is 9.10. The summed E-state index contributed by atoms with van der Waals surface area (Å²) in [5.74, 6) is -0.195. The second kappa shape index (κ2) is 6.15. The molecule has 5 heteroatoms. The topological polar surface area (TPSA) is 46.9 Å². The van der Waals surface area contributed by atoms with Crippen LogP contribution in [0.4, 0.5) is 5.69 Å². The minimum atomic E-state index is -0.195. The summed E-state index contributed by atoms with van der Waals surface area (Å²) in [5, 5.41) is 6.92. The van der Waals surface area contributed by atoms with Crippen LogP contribution in [0.3, 0.4) is 0 Å². The molecule has 0 unspecified atom stereocenters. The maximum atomic E-state index is 12.3. The molecule has 22 heavy (non-hydrogen) atoms. The molecular weight excluding hydrogens is 342 g/mol. The Bertz CT molecular complexity index is 775. The van der Waals surface area contributed by atoms with E-state index in [1.807, 2.05) is 42.5 Å². The second-order valence-corrected chi connectivity index (χ2v) is 5.72. The van der Waals surface area contributed by atoms with Gasteiger partial charge in [0.2, 0.25) is 0 Å². The number of nitrogens with one attached hydrogen (secondary N) is 1. The highest BCUT2D eigenvalue weighted by Gasteiger charge is 2.15. The zero-order chi connectivity index (χ0) is 15.5. The number of nitrogens with zero attached hydrogens (tertiary/aromatic N) is 2. The number of aromatic nitrogens is 2. The first-order valence-electron chi connectivity index (χ1n) is 6.79. The minimum absolute atomic E-state index is 0.195. The first kappa shape index (κ1) is 14.5. The molecular formula is C17H14BrN3O. The average molecular weight is 356 g/mol. The lowest BCUT2D eigenvalue weighted by Gasteiger charge is -2.07. The van der Waals surface area contributed by atoms with Gasteiger partial charge in [0.15, 0.2) is 0 Å². The van der Waals surface area contributed by atoms with Crippen LogP contribution in [0.5, 0.6) is 0 Å². The number of carbonyl (C=O) groups excluding carboxylic acids is 1. The summed E-state index contributed by atoms with van der Waals surface area (Å²) < 4.78 is 2.21. The molecule has 1 aromatic heterocycles. The van der Waals surface area contributed by atoms with E-state index in [0.717, 1.165) is 16.8 Å². The van der Waals surface area contributed by atoms with Crippen LogP contribution in [-0.4, -0.2) is 15.7 Å². The number of anilines is 1. The van der Waals surface area contributed by atoms with E-state index in [1.165, 1.54) is 4.68 Å². The van der Waals surface area contributed by atoms with Crippen molar-refractivity contribution in [3.8, 4) is 11.1 Å². The number of carbonyl (C=O) groups is 1. The van der Waals surface area contributed by atoms with E-state index in [0.29, 0.717) is 10.2 Å². The van der Waals surface area contributed by atoms with Crippen LogP contribution in [0.2, 0.25) is 0 Å². The third-order valence-corrected chi connectivity index (χ3v) is 3.94. The van der Waals surface area contributed by atoms with Crippen LogP contribution >= 0.6 is 15.9 Å². The van der Waals surface area contributed by atoms with Crippen molar-refractivity contribution in [3.05, 3.63) is 71.0 Å². The van der Waals surface area contributed by atoms with Crippen molar-refractivity contribution in [1.82, 2.24) is 9.78 Å². The van der Waals surface area contributed by atoms with Gasteiger partial charge in [-0.25, -0.2) is 0 Å². The monoisotopic (exact) mass is 355 g/mol. The Morgan fingerprint density at radius 3 is 2.27 bits per heavy atom. The smallest absolute Gasteiger partial charge is 0.275 e. The summed E-state index contributed by atoms with van der Waals surface area (Å²) in [6.07, 6.45) is 1.60. The molecule has 0 saturated heterocycles. The largest absolute Gasteiger partial charge is 0.321 e. The number of hydrogen-bond donors (Lipinski definition) is 1. The second-order valence-electron chi connectivity index (χ2n) is 4.86. The van der Waals surface area contributed by atoms with Crippen LogP contribution in [0.1, 0.15) is 10.5 Å². The van der Waals surface area contributed by atoms with Gasteiger partial charge in [-0.05, 0) is 39.2 Å². The van der Waals surface area contributed by atoms with Crippen molar-refractivity contribution in [2.75, 3.05) is 5.32 Å². The highest BCUT2D eigenvalue weighted by atomic mass is 79.9. The fourth-order valence-electron chi connectivity index (χ4n) is 2.23. The maximum Gasteiger partial charge on any atom is 0.275 e. The van der Waals surface area contributed by atoms with Gasteiger partial charge in [0.1, 0.15) is 5.69 Å². The molecule has 0 atom stereocenters. The van der Waals surface area contributed by atoms with Crippen molar-refractivity contribution >= 4 is 27.5 Å². The minimum Gasteiger partial charge on any atom is -0.321 e.